The fourth-order valence-electron chi connectivity index (χ4n) is 1.19. The van der Waals surface area contributed by atoms with Gasteiger partial charge in [-0.1, -0.05) is 6.92 Å². The van der Waals surface area contributed by atoms with Crippen LogP contribution in [0.25, 0.3) is 0 Å². The summed E-state index contributed by atoms with van der Waals surface area (Å²) in [6, 6.07) is 1.63. The molecule has 1 aromatic heterocycles. The molecule has 0 saturated carbocycles. The molecule has 1 unspecified atom stereocenters. The molecule has 0 saturated heterocycles. The molecular weight excluding hydrogens is 258 g/mol. The Balaban J connectivity index is 2.89. The van der Waals surface area contributed by atoms with Crippen LogP contribution in [0.3, 0.4) is 0 Å². The second-order valence-electron chi connectivity index (χ2n) is 3.52. The van der Waals surface area contributed by atoms with Gasteiger partial charge in [-0.15, -0.1) is 0 Å². The number of nitrogens with one attached hydrogen (secondary N) is 2. The number of aromatic nitrogens is 1. The molecule has 1 aromatic rings. The minimum atomic E-state index is -3.50. The Hall–Kier alpha value is -0.790. The third-order valence-corrected chi connectivity index (χ3v) is 4.73. The molecule has 0 spiro atoms. The lowest BCUT2D eigenvalue weighted by Crippen LogP contribution is -2.30. The van der Waals surface area contributed by atoms with Crippen molar-refractivity contribution in [1.82, 2.24) is 9.71 Å². The summed E-state index contributed by atoms with van der Waals surface area (Å²) in [4.78, 5) is 4.02. The summed E-state index contributed by atoms with van der Waals surface area (Å²) in [5.74, 6) is 0. The molecule has 0 fully saturated rings. The topological polar surface area (TPSA) is 71.1 Å². The molecule has 96 valence electrons. The highest BCUT2D eigenvalue weighted by Crippen LogP contribution is 2.18. The summed E-state index contributed by atoms with van der Waals surface area (Å²) < 4.78 is 26.6. The summed E-state index contributed by atoms with van der Waals surface area (Å²) in [5, 5.41) is 3.07. The average molecular weight is 275 g/mol. The fraction of sp³-hybridized carbons (Fsp3) is 0.500. The van der Waals surface area contributed by atoms with E-state index < -0.39 is 10.0 Å². The highest BCUT2D eigenvalue weighted by molar-refractivity contribution is 7.99. The molecule has 0 aliphatic heterocycles. The van der Waals surface area contributed by atoms with E-state index in [2.05, 4.69) is 15.0 Å². The van der Waals surface area contributed by atoms with E-state index in [1.807, 2.05) is 13.2 Å². The van der Waals surface area contributed by atoms with E-state index >= 15 is 0 Å². The minimum absolute atomic E-state index is 0.177. The van der Waals surface area contributed by atoms with Gasteiger partial charge in [0.05, 0.1) is 5.69 Å². The van der Waals surface area contributed by atoms with Gasteiger partial charge in [-0.2, -0.15) is 11.8 Å². The van der Waals surface area contributed by atoms with Crippen molar-refractivity contribution >= 4 is 27.5 Å². The molecule has 0 aliphatic carbocycles. The molecule has 2 N–H and O–H groups in total. The van der Waals surface area contributed by atoms with Crippen molar-refractivity contribution in [3.8, 4) is 0 Å². The van der Waals surface area contributed by atoms with Crippen molar-refractivity contribution in [2.75, 3.05) is 25.2 Å². The molecule has 0 aliphatic rings. The first-order valence-corrected chi connectivity index (χ1v) is 7.92. The molecular formula is C10H17N3O2S2. The molecule has 0 aromatic carbocycles. The van der Waals surface area contributed by atoms with Gasteiger partial charge in [0.2, 0.25) is 10.0 Å². The molecule has 5 nitrogen and oxygen atoms in total. The lowest BCUT2D eigenvalue weighted by Gasteiger charge is -2.12. The number of nitrogens with zero attached hydrogens (tertiary/aromatic N) is 1. The van der Waals surface area contributed by atoms with Crippen LogP contribution < -0.4 is 10.0 Å². The second kappa shape index (κ2) is 6.23. The van der Waals surface area contributed by atoms with Crippen LogP contribution in [0.4, 0.5) is 5.69 Å². The number of thioether (sulfide) groups is 1. The van der Waals surface area contributed by atoms with Crippen LogP contribution in [0.2, 0.25) is 0 Å². The number of rotatable bonds is 6. The van der Waals surface area contributed by atoms with Crippen LogP contribution in [-0.2, 0) is 10.0 Å². The van der Waals surface area contributed by atoms with Gasteiger partial charge in [0.1, 0.15) is 4.90 Å². The Bertz CT molecular complexity index is 462. The van der Waals surface area contributed by atoms with E-state index in [4.69, 9.17) is 0 Å². The Morgan fingerprint density at radius 1 is 1.53 bits per heavy atom. The van der Waals surface area contributed by atoms with Gasteiger partial charge in [0.25, 0.3) is 0 Å². The van der Waals surface area contributed by atoms with Gasteiger partial charge in [-0.3, -0.25) is 4.98 Å². The van der Waals surface area contributed by atoms with E-state index in [1.54, 1.807) is 31.1 Å². The first-order chi connectivity index (χ1) is 8.01. The number of pyridine rings is 1. The molecule has 0 amide bonds. The Kier molecular flexibility index (Phi) is 5.23. The molecule has 0 bridgehead atoms. The van der Waals surface area contributed by atoms with E-state index in [9.17, 15) is 8.42 Å². The van der Waals surface area contributed by atoms with Gasteiger partial charge < -0.3 is 5.32 Å². The smallest absolute Gasteiger partial charge is 0.244 e. The summed E-state index contributed by atoms with van der Waals surface area (Å²) in [7, 11) is -1.82. The standard InChI is InChI=1S/C10H17N3O2S2/c1-8(16-3)6-13-17(14,15)10-7-12-5-4-9(10)11-2/h4-5,7-8,13H,6H2,1-3H3,(H,11,12). The summed E-state index contributed by atoms with van der Waals surface area (Å²) in [6.07, 6.45) is 4.84. The third-order valence-electron chi connectivity index (χ3n) is 2.31. The summed E-state index contributed by atoms with van der Waals surface area (Å²) in [5.41, 5.74) is 0.546. The highest BCUT2D eigenvalue weighted by Gasteiger charge is 2.18. The van der Waals surface area contributed by atoms with Crippen LogP contribution >= 0.6 is 11.8 Å². The van der Waals surface area contributed by atoms with Crippen molar-refractivity contribution < 1.29 is 8.42 Å². The number of anilines is 1. The van der Waals surface area contributed by atoms with Crippen LogP contribution in [0.1, 0.15) is 6.92 Å². The maximum absolute atomic E-state index is 12.0. The van der Waals surface area contributed by atoms with Gasteiger partial charge in [-0.05, 0) is 12.3 Å². The van der Waals surface area contributed by atoms with Crippen LogP contribution in [0.5, 0.6) is 0 Å². The van der Waals surface area contributed by atoms with E-state index in [0.29, 0.717) is 12.2 Å². The van der Waals surface area contributed by atoms with Crippen molar-refractivity contribution in [3.63, 3.8) is 0 Å². The Morgan fingerprint density at radius 2 is 2.24 bits per heavy atom. The quantitative estimate of drug-likeness (QED) is 0.815. The Labute approximate surface area is 106 Å². The molecule has 1 rings (SSSR count). The molecule has 17 heavy (non-hydrogen) atoms. The second-order valence-corrected chi connectivity index (χ2v) is 6.53. The van der Waals surface area contributed by atoms with Gasteiger partial charge in [-0.25, -0.2) is 13.1 Å². The van der Waals surface area contributed by atoms with E-state index in [-0.39, 0.29) is 10.1 Å². The molecule has 7 heteroatoms. The lowest BCUT2D eigenvalue weighted by molar-refractivity contribution is 0.581. The number of sulfonamides is 1. The zero-order chi connectivity index (χ0) is 12.9. The molecule has 0 radical (unpaired) electrons. The largest absolute Gasteiger partial charge is 0.387 e. The minimum Gasteiger partial charge on any atom is -0.387 e. The monoisotopic (exact) mass is 275 g/mol. The van der Waals surface area contributed by atoms with Crippen molar-refractivity contribution in [2.24, 2.45) is 0 Å². The van der Waals surface area contributed by atoms with Crippen molar-refractivity contribution in [2.45, 2.75) is 17.1 Å². The first kappa shape index (κ1) is 14.3. The van der Waals surface area contributed by atoms with E-state index in [0.717, 1.165) is 0 Å². The van der Waals surface area contributed by atoms with Crippen LogP contribution in [0, 0.1) is 0 Å². The van der Waals surface area contributed by atoms with Crippen LogP contribution in [-0.4, -0.2) is 38.5 Å². The van der Waals surface area contributed by atoms with Crippen LogP contribution in [0.15, 0.2) is 23.4 Å². The van der Waals surface area contributed by atoms with Crippen molar-refractivity contribution in [1.29, 1.82) is 0 Å². The third kappa shape index (κ3) is 3.86. The first-order valence-electron chi connectivity index (χ1n) is 5.15. The zero-order valence-electron chi connectivity index (χ0n) is 10.1. The summed E-state index contributed by atoms with van der Waals surface area (Å²) in [6.45, 7) is 2.37. The SMILES string of the molecule is CNc1ccncc1S(=O)(=O)NCC(C)SC. The van der Waals surface area contributed by atoms with Crippen molar-refractivity contribution in [3.05, 3.63) is 18.5 Å². The van der Waals surface area contributed by atoms with E-state index in [1.165, 1.54) is 6.20 Å². The van der Waals surface area contributed by atoms with Gasteiger partial charge in [0.15, 0.2) is 0 Å². The Morgan fingerprint density at radius 3 is 2.82 bits per heavy atom. The normalized spacial score (nSPS) is 13.4. The predicted molar refractivity (Wildman–Crippen MR) is 71.9 cm³/mol. The zero-order valence-corrected chi connectivity index (χ0v) is 11.7. The molecule has 1 heterocycles. The predicted octanol–water partition coefficient (Wildman–Crippen LogP) is 1.15. The number of hydrogen-bond donors (Lipinski definition) is 2. The van der Waals surface area contributed by atoms with Gasteiger partial charge >= 0.3 is 0 Å². The maximum Gasteiger partial charge on any atom is 0.244 e. The molecule has 1 atom stereocenters. The lowest BCUT2D eigenvalue weighted by atomic mass is 10.4. The summed E-state index contributed by atoms with van der Waals surface area (Å²) >= 11 is 1.61. The average Bonchev–Trinajstić information content (AvgIpc) is 2.35. The maximum atomic E-state index is 12.0. The highest BCUT2D eigenvalue weighted by atomic mass is 32.2. The number of hydrogen-bond acceptors (Lipinski definition) is 5. The fourth-order valence-corrected chi connectivity index (χ4v) is 2.83. The van der Waals surface area contributed by atoms with Gasteiger partial charge in [0, 0.05) is 31.2 Å².